The molecule has 0 radical (unpaired) electrons. The van der Waals surface area contributed by atoms with Crippen molar-refractivity contribution in [3.8, 4) is 16.9 Å². The molecule has 206 valence electrons. The highest BCUT2D eigenvalue weighted by molar-refractivity contribution is 5.80. The van der Waals surface area contributed by atoms with Gasteiger partial charge in [0.15, 0.2) is 5.60 Å². The summed E-state index contributed by atoms with van der Waals surface area (Å²) < 4.78 is 43.4. The van der Waals surface area contributed by atoms with E-state index in [1.165, 1.54) is 6.07 Å². The maximum atomic E-state index is 14.5. The Bertz CT molecular complexity index is 1450. The van der Waals surface area contributed by atoms with Crippen LogP contribution in [0.1, 0.15) is 50.1 Å². The molecule has 3 N–H and O–H groups in total. The van der Waals surface area contributed by atoms with Crippen LogP contribution in [0.2, 0.25) is 0 Å². The first-order valence-electron chi connectivity index (χ1n) is 13.2. The molecule has 1 fully saturated rings. The fraction of sp³-hybridized carbons (Fsp3) is 0.400. The summed E-state index contributed by atoms with van der Waals surface area (Å²) in [5, 5.41) is 22.6. The molecule has 39 heavy (non-hydrogen) atoms. The number of nitrogens with one attached hydrogen (secondary N) is 1. The van der Waals surface area contributed by atoms with Gasteiger partial charge < -0.3 is 15.2 Å². The summed E-state index contributed by atoms with van der Waals surface area (Å²) in [6, 6.07) is 12.0. The van der Waals surface area contributed by atoms with Gasteiger partial charge in [-0.25, -0.2) is 0 Å². The van der Waals surface area contributed by atoms with Gasteiger partial charge in [0, 0.05) is 47.6 Å². The average Bonchev–Trinajstić information content (AvgIpc) is 3.52. The van der Waals surface area contributed by atoms with E-state index in [2.05, 4.69) is 19.9 Å². The van der Waals surface area contributed by atoms with E-state index >= 15 is 0 Å². The van der Waals surface area contributed by atoms with Crippen molar-refractivity contribution < 1.29 is 23.4 Å². The standard InChI is InChI=1S/C30H33F3N4O2/c1-28(2,25-14-20(7-8-27(25)38)21-6-5-9-34-16-21)19-29(39,30(31,32)33)15-23-12-22-13-24(35-17-26(22)36-23)18-37-10-3-4-11-37/h5-9,12-14,16-17,36,38-39H,3-4,10-11,15,18-19H2,1-2H3. The van der Waals surface area contributed by atoms with Crippen LogP contribution in [0.25, 0.3) is 22.0 Å². The molecule has 1 saturated heterocycles. The van der Waals surface area contributed by atoms with Crippen molar-refractivity contribution in [1.82, 2.24) is 19.9 Å². The van der Waals surface area contributed by atoms with Crippen LogP contribution in [0.5, 0.6) is 5.75 Å². The van der Waals surface area contributed by atoms with Crippen LogP contribution in [-0.2, 0) is 18.4 Å². The van der Waals surface area contributed by atoms with Crippen LogP contribution in [-0.4, -0.2) is 54.9 Å². The van der Waals surface area contributed by atoms with Crippen LogP contribution in [0.3, 0.4) is 0 Å². The highest BCUT2D eigenvalue weighted by Gasteiger charge is 2.56. The van der Waals surface area contributed by atoms with E-state index in [1.54, 1.807) is 56.7 Å². The number of hydrogen-bond donors (Lipinski definition) is 3. The van der Waals surface area contributed by atoms with Crippen LogP contribution < -0.4 is 0 Å². The summed E-state index contributed by atoms with van der Waals surface area (Å²) in [4.78, 5) is 13.9. The minimum absolute atomic E-state index is 0.126. The minimum atomic E-state index is -4.91. The van der Waals surface area contributed by atoms with Crippen molar-refractivity contribution >= 4 is 10.9 Å². The second-order valence-corrected chi connectivity index (χ2v) is 11.3. The topological polar surface area (TPSA) is 85.3 Å². The number of fused-ring (bicyclic) bond motifs is 1. The van der Waals surface area contributed by atoms with Gasteiger partial charge in [-0.1, -0.05) is 26.0 Å². The zero-order valence-corrected chi connectivity index (χ0v) is 22.1. The Morgan fingerprint density at radius 3 is 2.46 bits per heavy atom. The molecule has 0 amide bonds. The normalized spacial score (nSPS) is 16.6. The smallest absolute Gasteiger partial charge is 0.417 e. The lowest BCUT2D eigenvalue weighted by molar-refractivity contribution is -0.266. The van der Waals surface area contributed by atoms with Crippen LogP contribution in [0.15, 0.2) is 61.1 Å². The quantitative estimate of drug-likeness (QED) is 0.251. The number of aromatic hydroxyl groups is 1. The zero-order chi connectivity index (χ0) is 27.8. The highest BCUT2D eigenvalue weighted by Crippen LogP contribution is 2.45. The Hall–Kier alpha value is -3.43. The van der Waals surface area contributed by atoms with Gasteiger partial charge in [-0.05, 0) is 73.7 Å². The maximum absolute atomic E-state index is 14.5. The number of aliphatic hydroxyl groups is 1. The number of aromatic nitrogens is 3. The fourth-order valence-corrected chi connectivity index (χ4v) is 5.68. The summed E-state index contributed by atoms with van der Waals surface area (Å²) in [6.07, 6.45) is 1.03. The Morgan fingerprint density at radius 1 is 1.00 bits per heavy atom. The average molecular weight is 539 g/mol. The number of phenols is 1. The van der Waals surface area contributed by atoms with Crippen LogP contribution >= 0.6 is 0 Å². The van der Waals surface area contributed by atoms with Crippen molar-refractivity contribution in [2.24, 2.45) is 0 Å². The third-order valence-electron chi connectivity index (χ3n) is 7.67. The van der Waals surface area contributed by atoms with Gasteiger partial charge in [0.1, 0.15) is 5.75 Å². The van der Waals surface area contributed by atoms with Gasteiger partial charge in [0.25, 0.3) is 0 Å². The van der Waals surface area contributed by atoms with Gasteiger partial charge in [-0.2, -0.15) is 13.2 Å². The van der Waals surface area contributed by atoms with Crippen LogP contribution in [0, 0.1) is 0 Å². The molecule has 0 bridgehead atoms. The number of aromatic amines is 1. The van der Waals surface area contributed by atoms with Gasteiger partial charge in [-0.15, -0.1) is 0 Å². The van der Waals surface area contributed by atoms with E-state index in [0.717, 1.165) is 42.6 Å². The number of likely N-dealkylation sites (tertiary alicyclic amines) is 1. The Balaban J connectivity index is 1.42. The first-order chi connectivity index (χ1) is 18.4. The van der Waals surface area contributed by atoms with E-state index in [1.807, 2.05) is 12.1 Å². The summed E-state index contributed by atoms with van der Waals surface area (Å²) in [7, 11) is 0. The van der Waals surface area contributed by atoms with Gasteiger partial charge >= 0.3 is 6.18 Å². The van der Waals surface area contributed by atoms with E-state index in [0.29, 0.717) is 23.2 Å². The summed E-state index contributed by atoms with van der Waals surface area (Å²) in [5.74, 6) is -0.126. The molecule has 0 aliphatic carbocycles. The third kappa shape index (κ3) is 5.79. The molecule has 1 aliphatic heterocycles. The molecular weight excluding hydrogens is 505 g/mol. The molecule has 3 aromatic heterocycles. The van der Waals surface area contributed by atoms with Crippen molar-refractivity contribution in [3.63, 3.8) is 0 Å². The van der Waals surface area contributed by atoms with Gasteiger partial charge in [0.2, 0.25) is 0 Å². The molecule has 0 saturated carbocycles. The molecule has 9 heteroatoms. The molecule has 1 aliphatic rings. The van der Waals surface area contributed by atoms with Crippen molar-refractivity contribution in [2.45, 2.75) is 63.3 Å². The largest absolute Gasteiger partial charge is 0.508 e. The zero-order valence-electron chi connectivity index (χ0n) is 22.1. The molecular formula is C30H33F3N4O2. The number of rotatable bonds is 8. The lowest BCUT2D eigenvalue weighted by atomic mass is 9.72. The summed E-state index contributed by atoms with van der Waals surface area (Å²) >= 11 is 0. The molecule has 5 rings (SSSR count). The first kappa shape index (κ1) is 27.1. The second kappa shape index (κ2) is 10.3. The molecule has 1 atom stereocenters. The minimum Gasteiger partial charge on any atom is -0.508 e. The molecule has 1 aromatic carbocycles. The third-order valence-corrected chi connectivity index (χ3v) is 7.67. The lowest BCUT2D eigenvalue weighted by Gasteiger charge is -2.38. The predicted molar refractivity (Wildman–Crippen MR) is 144 cm³/mol. The molecule has 4 aromatic rings. The number of alkyl halides is 3. The van der Waals surface area contributed by atoms with E-state index in [9.17, 15) is 23.4 Å². The highest BCUT2D eigenvalue weighted by atomic mass is 19.4. The SMILES string of the molecule is CC(C)(CC(O)(Cc1cc2cc(CN3CCCC3)ncc2[nH]1)C(F)(F)F)c1cc(-c2cccnc2)ccc1O. The number of benzene rings is 1. The maximum Gasteiger partial charge on any atom is 0.417 e. The second-order valence-electron chi connectivity index (χ2n) is 11.3. The number of hydrogen-bond acceptors (Lipinski definition) is 5. The fourth-order valence-electron chi connectivity index (χ4n) is 5.68. The predicted octanol–water partition coefficient (Wildman–Crippen LogP) is 6.13. The number of nitrogens with zero attached hydrogens (tertiary/aromatic N) is 3. The van der Waals surface area contributed by atoms with Gasteiger partial charge in [0.05, 0.1) is 17.4 Å². The van der Waals surface area contributed by atoms with Crippen molar-refractivity contribution in [1.29, 1.82) is 0 Å². The van der Waals surface area contributed by atoms with Crippen LogP contribution in [0.4, 0.5) is 13.2 Å². The molecule has 1 unspecified atom stereocenters. The first-order valence-corrected chi connectivity index (χ1v) is 13.2. The number of pyridine rings is 2. The van der Waals surface area contributed by atoms with Crippen molar-refractivity contribution in [2.75, 3.05) is 13.1 Å². The molecule has 6 nitrogen and oxygen atoms in total. The Labute approximate surface area is 225 Å². The van der Waals surface area contributed by atoms with Gasteiger partial charge in [-0.3, -0.25) is 14.9 Å². The lowest BCUT2D eigenvalue weighted by Crippen LogP contribution is -2.50. The Kier molecular flexibility index (Phi) is 7.15. The number of halogens is 3. The molecule has 4 heterocycles. The summed E-state index contributed by atoms with van der Waals surface area (Å²) in [6.45, 7) is 5.95. The summed E-state index contributed by atoms with van der Waals surface area (Å²) in [5.41, 5.74) is -0.688. The van der Waals surface area contributed by atoms with Crippen molar-refractivity contribution in [3.05, 3.63) is 78.0 Å². The number of H-pyrrole nitrogens is 1. The van der Waals surface area contributed by atoms with E-state index in [4.69, 9.17) is 0 Å². The van der Waals surface area contributed by atoms with E-state index < -0.39 is 30.0 Å². The Morgan fingerprint density at radius 2 is 1.77 bits per heavy atom. The molecule has 0 spiro atoms. The van der Waals surface area contributed by atoms with E-state index in [-0.39, 0.29) is 11.4 Å². The number of phenolic OH excluding ortho intramolecular Hbond substituents is 1. The monoisotopic (exact) mass is 538 g/mol.